The molecule has 91 valence electrons. The van der Waals surface area contributed by atoms with Crippen LogP contribution in [0.4, 0.5) is 13.2 Å². The van der Waals surface area contributed by atoms with Crippen LogP contribution in [0.25, 0.3) is 10.4 Å². The van der Waals surface area contributed by atoms with Crippen molar-refractivity contribution in [3.05, 3.63) is 52.3 Å². The Bertz CT molecular complexity index is 427. The number of hydrogen-bond donors (Lipinski definition) is 1. The third-order valence-corrected chi connectivity index (χ3v) is 1.99. The molecule has 0 aromatic heterocycles. The molecule has 0 aliphatic rings. The molecule has 1 atom stereocenters. The Morgan fingerprint density at radius 2 is 2.06 bits per heavy atom. The zero-order valence-electron chi connectivity index (χ0n) is 8.59. The number of aliphatic hydroxyl groups excluding tert-OH is 1. The zero-order valence-corrected chi connectivity index (χ0v) is 8.59. The molecule has 1 unspecified atom stereocenters. The Labute approximate surface area is 95.3 Å². The highest BCUT2D eigenvalue weighted by atomic mass is 19.4. The van der Waals surface area contributed by atoms with E-state index < -0.39 is 18.8 Å². The van der Waals surface area contributed by atoms with Gasteiger partial charge in [-0.3, -0.25) is 0 Å². The fourth-order valence-corrected chi connectivity index (χ4v) is 1.27. The Morgan fingerprint density at radius 3 is 2.65 bits per heavy atom. The summed E-state index contributed by atoms with van der Waals surface area (Å²) >= 11 is 0. The molecule has 1 radical (unpaired) electrons. The van der Waals surface area contributed by atoms with E-state index in [1.54, 1.807) is 0 Å². The topological polar surface area (TPSA) is 69.0 Å². The minimum absolute atomic E-state index is 0.148. The average Bonchev–Trinajstić information content (AvgIpc) is 2.26. The molecule has 1 N–H and O–H groups in total. The quantitative estimate of drug-likeness (QED) is 0.491. The van der Waals surface area contributed by atoms with Gasteiger partial charge in [-0.2, -0.15) is 13.2 Å². The normalized spacial score (nSPS) is 12.9. The van der Waals surface area contributed by atoms with Gasteiger partial charge in [0.1, 0.15) is 0 Å². The molecule has 1 aromatic carbocycles. The standard InChI is InChI=1S/C10H9F3N3O/c11-10(12,13)6-5-7-3-1-2-4-8(7)9(17)15-16-14/h1-5,9,17H,6H2. The van der Waals surface area contributed by atoms with E-state index in [9.17, 15) is 18.3 Å². The highest BCUT2D eigenvalue weighted by molar-refractivity contribution is 5.34. The Balaban J connectivity index is 2.88. The summed E-state index contributed by atoms with van der Waals surface area (Å²) in [5.41, 5.74) is 8.50. The predicted molar refractivity (Wildman–Crippen MR) is 54.6 cm³/mol. The lowest BCUT2D eigenvalue weighted by Crippen LogP contribution is -2.08. The van der Waals surface area contributed by atoms with E-state index in [1.165, 1.54) is 24.3 Å². The smallest absolute Gasteiger partial charge is 0.382 e. The van der Waals surface area contributed by atoms with Crippen molar-refractivity contribution in [2.24, 2.45) is 5.11 Å². The zero-order chi connectivity index (χ0) is 12.9. The SMILES string of the molecule is [N-]=[N+]=NC(O)c1ccccc1[CH]CC(F)(F)F. The molecule has 17 heavy (non-hydrogen) atoms. The third-order valence-electron chi connectivity index (χ3n) is 1.99. The molecule has 0 aliphatic heterocycles. The summed E-state index contributed by atoms with van der Waals surface area (Å²) in [5, 5.41) is 12.4. The van der Waals surface area contributed by atoms with Crippen molar-refractivity contribution >= 4 is 0 Å². The number of alkyl halides is 3. The summed E-state index contributed by atoms with van der Waals surface area (Å²) in [6, 6.07) is 5.89. The van der Waals surface area contributed by atoms with Gasteiger partial charge < -0.3 is 5.11 Å². The van der Waals surface area contributed by atoms with Crippen molar-refractivity contribution < 1.29 is 18.3 Å². The number of benzene rings is 1. The molecule has 0 spiro atoms. The van der Waals surface area contributed by atoms with E-state index in [1.807, 2.05) is 0 Å². The maximum atomic E-state index is 12.0. The van der Waals surface area contributed by atoms with Crippen molar-refractivity contribution in [1.29, 1.82) is 0 Å². The van der Waals surface area contributed by atoms with Gasteiger partial charge in [-0.25, -0.2) is 0 Å². The number of aliphatic hydroxyl groups is 1. The molecule has 0 bridgehead atoms. The summed E-state index contributed by atoms with van der Waals surface area (Å²) in [6.45, 7) is 0. The maximum Gasteiger partial charge on any atom is 0.389 e. The second-order valence-electron chi connectivity index (χ2n) is 3.23. The van der Waals surface area contributed by atoms with Gasteiger partial charge in [-0.15, -0.1) is 0 Å². The lowest BCUT2D eigenvalue weighted by Gasteiger charge is -2.12. The van der Waals surface area contributed by atoms with Crippen LogP contribution in [0.15, 0.2) is 29.4 Å². The molecule has 0 heterocycles. The first-order valence-corrected chi connectivity index (χ1v) is 4.65. The molecule has 0 saturated carbocycles. The van der Waals surface area contributed by atoms with E-state index in [4.69, 9.17) is 5.53 Å². The van der Waals surface area contributed by atoms with E-state index in [0.717, 1.165) is 6.42 Å². The van der Waals surface area contributed by atoms with Crippen LogP contribution in [-0.4, -0.2) is 11.3 Å². The second-order valence-corrected chi connectivity index (χ2v) is 3.23. The van der Waals surface area contributed by atoms with Crippen molar-refractivity contribution in [2.75, 3.05) is 0 Å². The van der Waals surface area contributed by atoms with Crippen molar-refractivity contribution in [3.63, 3.8) is 0 Å². The van der Waals surface area contributed by atoms with Crippen LogP contribution in [0.3, 0.4) is 0 Å². The lowest BCUT2D eigenvalue weighted by molar-refractivity contribution is -0.127. The highest BCUT2D eigenvalue weighted by Crippen LogP contribution is 2.27. The first-order valence-electron chi connectivity index (χ1n) is 4.65. The monoisotopic (exact) mass is 244 g/mol. The van der Waals surface area contributed by atoms with Crippen LogP contribution in [0, 0.1) is 6.42 Å². The molecule has 1 aromatic rings. The first-order chi connectivity index (χ1) is 7.94. The van der Waals surface area contributed by atoms with Crippen molar-refractivity contribution in [1.82, 2.24) is 0 Å². The molecular formula is C10H9F3N3O. The first kappa shape index (κ1) is 13.3. The maximum absolute atomic E-state index is 12.0. The van der Waals surface area contributed by atoms with Crippen LogP contribution in [-0.2, 0) is 0 Å². The largest absolute Gasteiger partial charge is 0.389 e. The van der Waals surface area contributed by atoms with E-state index in [2.05, 4.69) is 10.0 Å². The Morgan fingerprint density at radius 1 is 1.41 bits per heavy atom. The van der Waals surface area contributed by atoms with E-state index >= 15 is 0 Å². The molecule has 1 rings (SSSR count). The Kier molecular flexibility index (Phi) is 4.37. The van der Waals surface area contributed by atoms with Crippen LogP contribution < -0.4 is 0 Å². The van der Waals surface area contributed by atoms with Crippen molar-refractivity contribution in [3.8, 4) is 0 Å². The fraction of sp³-hybridized carbons (Fsp3) is 0.300. The Hall–Kier alpha value is -1.72. The molecular weight excluding hydrogens is 235 g/mol. The van der Waals surface area contributed by atoms with Gasteiger partial charge in [0.25, 0.3) is 0 Å². The van der Waals surface area contributed by atoms with Gasteiger partial charge in [0.05, 0.1) is 6.42 Å². The predicted octanol–water partition coefficient (Wildman–Crippen LogP) is 3.49. The van der Waals surface area contributed by atoms with Gasteiger partial charge in [-0.05, 0) is 16.7 Å². The summed E-state index contributed by atoms with van der Waals surface area (Å²) in [4.78, 5) is 2.40. The molecule has 4 nitrogen and oxygen atoms in total. The number of nitrogens with zero attached hydrogens (tertiary/aromatic N) is 3. The number of halogens is 3. The minimum atomic E-state index is -4.31. The molecule has 0 saturated heterocycles. The van der Waals surface area contributed by atoms with Gasteiger partial charge in [0.2, 0.25) is 0 Å². The summed E-state index contributed by atoms with van der Waals surface area (Å²) in [6.07, 6.45) is -5.96. The molecule has 0 amide bonds. The number of rotatable bonds is 4. The minimum Gasteiger partial charge on any atom is -0.382 e. The highest BCUT2D eigenvalue weighted by Gasteiger charge is 2.27. The van der Waals surface area contributed by atoms with Crippen LogP contribution in [0.5, 0.6) is 0 Å². The molecule has 0 fully saturated rings. The van der Waals surface area contributed by atoms with Gasteiger partial charge in [0.15, 0.2) is 6.23 Å². The summed E-state index contributed by atoms with van der Waals surface area (Å²) < 4.78 is 36.1. The summed E-state index contributed by atoms with van der Waals surface area (Å²) in [7, 11) is 0. The third kappa shape index (κ3) is 4.34. The van der Waals surface area contributed by atoms with Crippen molar-refractivity contribution in [2.45, 2.75) is 18.8 Å². The molecule has 7 heteroatoms. The average molecular weight is 244 g/mol. The van der Waals surface area contributed by atoms with Crippen LogP contribution in [0.2, 0.25) is 0 Å². The molecule has 0 aliphatic carbocycles. The number of hydrogen-bond acceptors (Lipinski definition) is 2. The van der Waals surface area contributed by atoms with E-state index in [-0.39, 0.29) is 11.1 Å². The summed E-state index contributed by atoms with van der Waals surface area (Å²) in [5.74, 6) is 0. The fourth-order valence-electron chi connectivity index (χ4n) is 1.27. The van der Waals surface area contributed by atoms with Gasteiger partial charge in [0, 0.05) is 11.3 Å². The van der Waals surface area contributed by atoms with Gasteiger partial charge >= 0.3 is 6.18 Å². The van der Waals surface area contributed by atoms with Crippen LogP contribution in [0.1, 0.15) is 23.8 Å². The van der Waals surface area contributed by atoms with Gasteiger partial charge in [-0.1, -0.05) is 29.4 Å². The lowest BCUT2D eigenvalue weighted by atomic mass is 10.0. The van der Waals surface area contributed by atoms with E-state index in [0.29, 0.717) is 0 Å². The second kappa shape index (κ2) is 5.56. The number of azide groups is 1. The van der Waals surface area contributed by atoms with Crippen LogP contribution >= 0.6 is 0 Å².